The van der Waals surface area contributed by atoms with E-state index in [-0.39, 0.29) is 5.97 Å². The van der Waals surface area contributed by atoms with Gasteiger partial charge in [-0.1, -0.05) is 0 Å². The third-order valence-corrected chi connectivity index (χ3v) is 1.73. The highest BCUT2D eigenvalue weighted by atomic mass is 16.5. The average Bonchev–Trinajstić information content (AvgIpc) is 2.64. The zero-order chi connectivity index (χ0) is 9.52. The molecule has 72 valence electrons. The number of aromatic nitrogens is 1. The molecule has 1 rings (SSSR count). The number of ether oxygens (including phenoxy) is 1. The Bertz CT molecular complexity index is 244. The summed E-state index contributed by atoms with van der Waals surface area (Å²) >= 11 is 0. The quantitative estimate of drug-likeness (QED) is 0.519. The zero-order valence-corrected chi connectivity index (χ0v) is 7.67. The van der Waals surface area contributed by atoms with Gasteiger partial charge in [-0.05, 0) is 11.6 Å². The highest BCUT2D eigenvalue weighted by molar-refractivity contribution is 5.69. The fraction of sp³-hybridized carbons (Fsp3) is 0.444. The van der Waals surface area contributed by atoms with E-state index < -0.39 is 0 Å². The molecule has 0 aromatic carbocycles. The molecule has 0 unspecified atom stereocenters. The smallest absolute Gasteiger partial charge is 0.306 e. The van der Waals surface area contributed by atoms with Gasteiger partial charge in [-0.15, -0.1) is 0 Å². The second-order valence-electron chi connectivity index (χ2n) is 2.72. The number of nitrogens with one attached hydrogen (secondary N) is 2. The Kier molecular flexibility index (Phi) is 4.05. The van der Waals surface area contributed by atoms with Crippen molar-refractivity contribution in [3.05, 3.63) is 24.0 Å². The molecule has 1 aromatic rings. The molecule has 4 heteroatoms. The van der Waals surface area contributed by atoms with Crippen LogP contribution in [0.2, 0.25) is 0 Å². The molecule has 0 amide bonds. The Hall–Kier alpha value is -1.29. The zero-order valence-electron chi connectivity index (χ0n) is 7.67. The first-order chi connectivity index (χ1) is 6.33. The van der Waals surface area contributed by atoms with Gasteiger partial charge in [0.1, 0.15) is 0 Å². The van der Waals surface area contributed by atoms with Crippen molar-refractivity contribution in [1.82, 2.24) is 10.3 Å². The second-order valence-corrected chi connectivity index (χ2v) is 2.72. The van der Waals surface area contributed by atoms with Crippen LogP contribution in [0.5, 0.6) is 0 Å². The summed E-state index contributed by atoms with van der Waals surface area (Å²) in [7, 11) is 1.40. The number of H-pyrrole nitrogens is 1. The Morgan fingerprint density at radius 2 is 2.54 bits per heavy atom. The molecule has 0 spiro atoms. The first-order valence-corrected chi connectivity index (χ1v) is 4.22. The van der Waals surface area contributed by atoms with Gasteiger partial charge in [-0.25, -0.2) is 0 Å². The summed E-state index contributed by atoms with van der Waals surface area (Å²) in [6.45, 7) is 1.43. The van der Waals surface area contributed by atoms with E-state index >= 15 is 0 Å². The molecule has 13 heavy (non-hydrogen) atoms. The van der Waals surface area contributed by atoms with Crippen LogP contribution < -0.4 is 5.32 Å². The van der Waals surface area contributed by atoms with Crippen molar-refractivity contribution in [3.63, 3.8) is 0 Å². The van der Waals surface area contributed by atoms with Gasteiger partial charge in [-0.3, -0.25) is 4.79 Å². The minimum absolute atomic E-state index is 0.179. The number of hydrogen-bond donors (Lipinski definition) is 2. The molecular weight excluding hydrogens is 168 g/mol. The minimum atomic E-state index is -0.179. The third kappa shape index (κ3) is 3.75. The van der Waals surface area contributed by atoms with Gasteiger partial charge in [-0.2, -0.15) is 0 Å². The van der Waals surface area contributed by atoms with Crippen molar-refractivity contribution >= 4 is 5.97 Å². The number of carbonyl (C=O) groups is 1. The molecule has 2 N–H and O–H groups in total. The van der Waals surface area contributed by atoms with E-state index in [2.05, 4.69) is 15.0 Å². The Balaban J connectivity index is 2.05. The summed E-state index contributed by atoms with van der Waals surface area (Å²) in [5, 5.41) is 3.13. The SMILES string of the molecule is COC(=O)CCNCc1cc[nH]c1. The Morgan fingerprint density at radius 1 is 1.69 bits per heavy atom. The van der Waals surface area contributed by atoms with Gasteiger partial charge >= 0.3 is 5.97 Å². The van der Waals surface area contributed by atoms with Crippen molar-refractivity contribution in [2.24, 2.45) is 0 Å². The molecule has 0 saturated heterocycles. The molecular formula is C9H14N2O2. The van der Waals surface area contributed by atoms with Gasteiger partial charge in [0, 0.05) is 25.5 Å². The van der Waals surface area contributed by atoms with E-state index in [1.807, 2.05) is 18.5 Å². The minimum Gasteiger partial charge on any atom is -0.469 e. The summed E-state index contributed by atoms with van der Waals surface area (Å²) in [6.07, 6.45) is 4.21. The molecule has 4 nitrogen and oxygen atoms in total. The summed E-state index contributed by atoms with van der Waals surface area (Å²) in [4.78, 5) is 13.7. The van der Waals surface area contributed by atoms with Gasteiger partial charge in [0.15, 0.2) is 0 Å². The predicted molar refractivity (Wildman–Crippen MR) is 49.1 cm³/mol. The van der Waals surface area contributed by atoms with Crippen molar-refractivity contribution in [1.29, 1.82) is 0 Å². The summed E-state index contributed by atoms with van der Waals surface area (Å²) < 4.78 is 4.50. The predicted octanol–water partition coefficient (Wildman–Crippen LogP) is 0.667. The van der Waals surface area contributed by atoms with Crippen LogP contribution in [0.1, 0.15) is 12.0 Å². The molecule has 0 aliphatic carbocycles. The van der Waals surface area contributed by atoms with E-state index in [0.717, 1.165) is 6.54 Å². The van der Waals surface area contributed by atoms with Crippen LogP contribution in [0.3, 0.4) is 0 Å². The monoisotopic (exact) mass is 182 g/mol. The molecule has 1 aromatic heterocycles. The van der Waals surface area contributed by atoms with E-state index in [4.69, 9.17) is 0 Å². The molecule has 0 saturated carbocycles. The maximum Gasteiger partial charge on any atom is 0.306 e. The topological polar surface area (TPSA) is 54.1 Å². The maximum atomic E-state index is 10.7. The summed E-state index contributed by atoms with van der Waals surface area (Å²) in [5.74, 6) is -0.179. The van der Waals surface area contributed by atoms with E-state index in [1.165, 1.54) is 12.7 Å². The fourth-order valence-electron chi connectivity index (χ4n) is 0.994. The lowest BCUT2D eigenvalue weighted by molar-refractivity contribution is -0.140. The van der Waals surface area contributed by atoms with Crippen LogP contribution >= 0.6 is 0 Å². The lowest BCUT2D eigenvalue weighted by atomic mass is 10.3. The fourth-order valence-corrected chi connectivity index (χ4v) is 0.994. The van der Waals surface area contributed by atoms with E-state index in [0.29, 0.717) is 13.0 Å². The number of carbonyl (C=O) groups excluding carboxylic acids is 1. The van der Waals surface area contributed by atoms with Gasteiger partial charge < -0.3 is 15.0 Å². The van der Waals surface area contributed by atoms with Gasteiger partial charge in [0.05, 0.1) is 13.5 Å². The van der Waals surface area contributed by atoms with Crippen molar-refractivity contribution in [3.8, 4) is 0 Å². The number of aromatic amines is 1. The number of methoxy groups -OCH3 is 1. The molecule has 1 heterocycles. The molecule has 0 aliphatic rings. The molecule has 0 fully saturated rings. The molecule has 0 aliphatic heterocycles. The Labute approximate surface area is 77.3 Å². The van der Waals surface area contributed by atoms with Crippen LogP contribution in [0.25, 0.3) is 0 Å². The third-order valence-electron chi connectivity index (χ3n) is 1.73. The van der Waals surface area contributed by atoms with Crippen LogP contribution in [0, 0.1) is 0 Å². The molecule has 0 atom stereocenters. The summed E-state index contributed by atoms with van der Waals surface area (Å²) in [6, 6.07) is 1.99. The Morgan fingerprint density at radius 3 is 3.15 bits per heavy atom. The van der Waals surface area contributed by atoms with E-state index in [9.17, 15) is 4.79 Å². The second kappa shape index (κ2) is 5.37. The molecule has 0 radical (unpaired) electrons. The summed E-state index contributed by atoms with van der Waals surface area (Å²) in [5.41, 5.74) is 1.19. The van der Waals surface area contributed by atoms with Gasteiger partial charge in [0.2, 0.25) is 0 Å². The largest absolute Gasteiger partial charge is 0.469 e. The van der Waals surface area contributed by atoms with Crippen LogP contribution in [-0.4, -0.2) is 24.6 Å². The number of hydrogen-bond acceptors (Lipinski definition) is 3. The highest BCUT2D eigenvalue weighted by Gasteiger charge is 1.98. The lowest BCUT2D eigenvalue weighted by Crippen LogP contribution is -2.18. The first-order valence-electron chi connectivity index (χ1n) is 4.22. The van der Waals surface area contributed by atoms with Crippen LogP contribution in [-0.2, 0) is 16.1 Å². The van der Waals surface area contributed by atoms with Crippen LogP contribution in [0.15, 0.2) is 18.5 Å². The standard InChI is InChI=1S/C9H14N2O2/c1-13-9(12)3-5-11-7-8-2-4-10-6-8/h2,4,6,10-11H,3,5,7H2,1H3. The van der Waals surface area contributed by atoms with Crippen molar-refractivity contribution in [2.75, 3.05) is 13.7 Å². The van der Waals surface area contributed by atoms with Crippen molar-refractivity contribution < 1.29 is 9.53 Å². The highest BCUT2D eigenvalue weighted by Crippen LogP contribution is 1.94. The molecule has 0 bridgehead atoms. The average molecular weight is 182 g/mol. The normalized spacial score (nSPS) is 9.92. The maximum absolute atomic E-state index is 10.7. The number of rotatable bonds is 5. The van der Waals surface area contributed by atoms with Crippen LogP contribution in [0.4, 0.5) is 0 Å². The van der Waals surface area contributed by atoms with Gasteiger partial charge in [0.25, 0.3) is 0 Å². The number of esters is 1. The first kappa shape index (κ1) is 9.80. The van der Waals surface area contributed by atoms with Crippen molar-refractivity contribution in [2.45, 2.75) is 13.0 Å². The lowest BCUT2D eigenvalue weighted by Gasteiger charge is -2.01. The van der Waals surface area contributed by atoms with E-state index in [1.54, 1.807) is 0 Å².